The molecule has 2 N–H and O–H groups in total. The summed E-state index contributed by atoms with van der Waals surface area (Å²) in [4.78, 5) is 0. The molecule has 0 radical (unpaired) electrons. The number of hydrogen-bond acceptors (Lipinski definition) is 2. The van der Waals surface area contributed by atoms with Crippen LogP contribution in [-0.2, 0) is 12.8 Å². The Hall–Kier alpha value is -1.10. The highest BCUT2D eigenvalue weighted by atomic mass is 79.9. The molecule has 21 heavy (non-hydrogen) atoms. The maximum absolute atomic E-state index is 13.9. The average molecular weight is 373 g/mol. The van der Waals surface area contributed by atoms with E-state index in [1.165, 1.54) is 6.07 Å². The van der Waals surface area contributed by atoms with Crippen molar-refractivity contribution in [1.82, 2.24) is 0 Å². The van der Waals surface area contributed by atoms with Crippen LogP contribution in [0.5, 0.6) is 5.75 Å². The van der Waals surface area contributed by atoms with E-state index >= 15 is 0 Å². The lowest BCUT2D eigenvalue weighted by Crippen LogP contribution is -2.26. The Balaban J connectivity index is 2.13. The van der Waals surface area contributed by atoms with Crippen LogP contribution in [0.3, 0.4) is 0 Å². The lowest BCUT2D eigenvalue weighted by Gasteiger charge is -2.15. The van der Waals surface area contributed by atoms with Crippen LogP contribution in [0.2, 0.25) is 5.02 Å². The third-order valence-corrected chi connectivity index (χ3v) is 4.02. The normalized spacial score (nSPS) is 12.2. The smallest absolute Gasteiger partial charge is 0.145 e. The molecule has 0 saturated heterocycles. The van der Waals surface area contributed by atoms with Crippen molar-refractivity contribution in [2.45, 2.75) is 18.9 Å². The quantitative estimate of drug-likeness (QED) is 0.846. The van der Waals surface area contributed by atoms with Gasteiger partial charge in [0.15, 0.2) is 0 Å². The zero-order valence-corrected chi connectivity index (χ0v) is 13.9. The number of benzene rings is 2. The molecule has 2 rings (SSSR count). The molecule has 112 valence electrons. The zero-order chi connectivity index (χ0) is 15.4. The average Bonchev–Trinajstić information content (AvgIpc) is 2.44. The predicted octanol–water partition coefficient (Wildman–Crippen LogP) is 4.36. The first-order valence-electron chi connectivity index (χ1n) is 6.52. The number of nitrogens with two attached hydrogens (primary N) is 1. The molecule has 0 amide bonds. The molecule has 5 heteroatoms. The van der Waals surface area contributed by atoms with E-state index in [9.17, 15) is 4.39 Å². The maximum Gasteiger partial charge on any atom is 0.145 e. The first-order valence-corrected chi connectivity index (χ1v) is 7.69. The van der Waals surface area contributed by atoms with Crippen molar-refractivity contribution < 1.29 is 9.13 Å². The number of halogens is 3. The summed E-state index contributed by atoms with van der Waals surface area (Å²) in [6, 6.07) is 10.5. The van der Waals surface area contributed by atoms with Crippen molar-refractivity contribution in [2.24, 2.45) is 5.73 Å². The minimum absolute atomic E-state index is 0.125. The van der Waals surface area contributed by atoms with Crippen molar-refractivity contribution in [3.63, 3.8) is 0 Å². The van der Waals surface area contributed by atoms with Crippen molar-refractivity contribution in [2.75, 3.05) is 7.11 Å². The molecule has 0 aromatic heterocycles. The van der Waals surface area contributed by atoms with Crippen molar-refractivity contribution in [3.8, 4) is 5.75 Å². The van der Waals surface area contributed by atoms with Gasteiger partial charge in [0, 0.05) is 10.5 Å². The van der Waals surface area contributed by atoms with E-state index in [-0.39, 0.29) is 11.1 Å². The largest absolute Gasteiger partial charge is 0.496 e. The Morgan fingerprint density at radius 1 is 1.24 bits per heavy atom. The highest BCUT2D eigenvalue weighted by molar-refractivity contribution is 9.10. The van der Waals surface area contributed by atoms with Crippen LogP contribution in [0, 0.1) is 5.82 Å². The van der Waals surface area contributed by atoms with Gasteiger partial charge in [0.1, 0.15) is 11.6 Å². The van der Waals surface area contributed by atoms with Gasteiger partial charge in [-0.1, -0.05) is 39.7 Å². The molecular weight excluding hydrogens is 357 g/mol. The second-order valence-corrected chi connectivity index (χ2v) is 6.16. The molecule has 2 nitrogen and oxygen atoms in total. The first-order chi connectivity index (χ1) is 10.0. The van der Waals surface area contributed by atoms with E-state index in [2.05, 4.69) is 15.9 Å². The van der Waals surface area contributed by atoms with Gasteiger partial charge >= 0.3 is 0 Å². The highest BCUT2D eigenvalue weighted by Crippen LogP contribution is 2.25. The van der Waals surface area contributed by atoms with Crippen LogP contribution in [0.15, 0.2) is 40.9 Å². The topological polar surface area (TPSA) is 35.2 Å². The van der Waals surface area contributed by atoms with E-state index in [1.807, 2.05) is 18.2 Å². The number of methoxy groups -OCH3 is 1. The summed E-state index contributed by atoms with van der Waals surface area (Å²) in [6.45, 7) is 0. The number of ether oxygens (including phenoxy) is 1. The second-order valence-electron chi connectivity index (χ2n) is 4.84. The molecule has 0 saturated carbocycles. The van der Waals surface area contributed by atoms with Gasteiger partial charge in [0.25, 0.3) is 0 Å². The SMILES string of the molecule is COc1ccc(Br)cc1CC(N)Cc1cccc(Cl)c1F. The molecule has 0 heterocycles. The summed E-state index contributed by atoms with van der Waals surface area (Å²) in [7, 11) is 1.62. The molecule has 0 bridgehead atoms. The van der Waals surface area contributed by atoms with E-state index in [1.54, 1.807) is 19.2 Å². The van der Waals surface area contributed by atoms with E-state index in [0.29, 0.717) is 18.4 Å². The molecule has 1 unspecified atom stereocenters. The fourth-order valence-corrected chi connectivity index (χ4v) is 2.85. The van der Waals surface area contributed by atoms with E-state index in [0.717, 1.165) is 15.8 Å². The van der Waals surface area contributed by atoms with Gasteiger partial charge in [-0.3, -0.25) is 0 Å². The molecule has 1 atom stereocenters. The summed E-state index contributed by atoms with van der Waals surface area (Å²) in [5.74, 6) is 0.385. The fraction of sp³-hybridized carbons (Fsp3) is 0.250. The van der Waals surface area contributed by atoms with Crippen molar-refractivity contribution in [3.05, 3.63) is 62.8 Å². The van der Waals surface area contributed by atoms with Crippen molar-refractivity contribution >= 4 is 27.5 Å². The first kappa shape index (κ1) is 16.3. The van der Waals surface area contributed by atoms with Crippen LogP contribution >= 0.6 is 27.5 Å². The van der Waals surface area contributed by atoms with Gasteiger partial charge in [-0.15, -0.1) is 0 Å². The van der Waals surface area contributed by atoms with Crippen molar-refractivity contribution in [1.29, 1.82) is 0 Å². The summed E-state index contributed by atoms with van der Waals surface area (Å²) < 4.78 is 20.2. The lowest BCUT2D eigenvalue weighted by molar-refractivity contribution is 0.407. The van der Waals surface area contributed by atoms with Gasteiger partial charge in [-0.2, -0.15) is 0 Å². The molecule has 0 aliphatic rings. The van der Waals surface area contributed by atoms with Gasteiger partial charge in [0.05, 0.1) is 12.1 Å². The molecular formula is C16H16BrClFNO. The molecule has 2 aromatic carbocycles. The standard InChI is InChI=1S/C16H16BrClFNO/c1-21-15-6-5-12(17)7-11(15)9-13(20)8-10-3-2-4-14(18)16(10)19/h2-7,13H,8-9,20H2,1H3. The Morgan fingerprint density at radius 3 is 2.67 bits per heavy atom. The highest BCUT2D eigenvalue weighted by Gasteiger charge is 2.13. The third kappa shape index (κ3) is 4.19. The molecule has 0 fully saturated rings. The van der Waals surface area contributed by atoms with E-state index in [4.69, 9.17) is 22.1 Å². The second kappa shape index (κ2) is 7.25. The summed E-state index contributed by atoms with van der Waals surface area (Å²) in [6.07, 6.45) is 1.01. The maximum atomic E-state index is 13.9. The number of rotatable bonds is 5. The lowest BCUT2D eigenvalue weighted by atomic mass is 9.99. The van der Waals surface area contributed by atoms with Crippen LogP contribution in [0.1, 0.15) is 11.1 Å². The summed E-state index contributed by atoms with van der Waals surface area (Å²) >= 11 is 9.21. The Kier molecular flexibility index (Phi) is 5.62. The zero-order valence-electron chi connectivity index (χ0n) is 11.6. The Bertz CT molecular complexity index is 636. The third-order valence-electron chi connectivity index (χ3n) is 3.24. The summed E-state index contributed by atoms with van der Waals surface area (Å²) in [5.41, 5.74) is 7.67. The van der Waals surface area contributed by atoms with Crippen LogP contribution in [0.4, 0.5) is 4.39 Å². The van der Waals surface area contributed by atoms with Gasteiger partial charge in [0.2, 0.25) is 0 Å². The molecule has 0 aliphatic heterocycles. The van der Waals surface area contributed by atoms with Gasteiger partial charge < -0.3 is 10.5 Å². The Labute approximate surface area is 137 Å². The fourth-order valence-electron chi connectivity index (χ4n) is 2.25. The monoisotopic (exact) mass is 371 g/mol. The molecule has 2 aromatic rings. The Morgan fingerprint density at radius 2 is 1.95 bits per heavy atom. The van der Waals surface area contributed by atoms with Gasteiger partial charge in [-0.25, -0.2) is 4.39 Å². The van der Waals surface area contributed by atoms with Crippen LogP contribution < -0.4 is 10.5 Å². The predicted molar refractivity (Wildman–Crippen MR) is 87.5 cm³/mol. The van der Waals surface area contributed by atoms with E-state index < -0.39 is 5.82 Å². The summed E-state index contributed by atoms with van der Waals surface area (Å²) in [5, 5.41) is 0.125. The number of hydrogen-bond donors (Lipinski definition) is 1. The minimum Gasteiger partial charge on any atom is -0.496 e. The van der Waals surface area contributed by atoms with Gasteiger partial charge in [-0.05, 0) is 48.2 Å². The van der Waals surface area contributed by atoms with Crippen LogP contribution in [-0.4, -0.2) is 13.2 Å². The molecule has 0 spiro atoms. The molecule has 0 aliphatic carbocycles. The van der Waals surface area contributed by atoms with Crippen LogP contribution in [0.25, 0.3) is 0 Å². The minimum atomic E-state index is -0.393.